The maximum Gasteiger partial charge on any atom is 0.412 e. The van der Waals surface area contributed by atoms with Gasteiger partial charge in [-0.25, -0.2) is 4.79 Å². The van der Waals surface area contributed by atoms with Gasteiger partial charge in [0.2, 0.25) is 0 Å². The van der Waals surface area contributed by atoms with E-state index in [1.165, 1.54) is 15.9 Å². The van der Waals surface area contributed by atoms with Crippen molar-refractivity contribution in [3.05, 3.63) is 96.6 Å². The highest BCUT2D eigenvalue weighted by Gasteiger charge is 2.55. The summed E-state index contributed by atoms with van der Waals surface area (Å²) < 4.78 is 20.1. The summed E-state index contributed by atoms with van der Waals surface area (Å²) in [6.45, 7) is 15.4. The van der Waals surface area contributed by atoms with Crippen LogP contribution < -0.4 is 10.4 Å². The van der Waals surface area contributed by atoms with Crippen molar-refractivity contribution in [3.8, 4) is 0 Å². The first kappa shape index (κ1) is 30.5. The summed E-state index contributed by atoms with van der Waals surface area (Å²) in [5.41, 5.74) is 0.0596. The van der Waals surface area contributed by atoms with E-state index < -0.39 is 19.6 Å². The van der Waals surface area contributed by atoms with Gasteiger partial charge < -0.3 is 13.9 Å². The van der Waals surface area contributed by atoms with E-state index in [1.54, 1.807) is 4.90 Å². The zero-order valence-electron chi connectivity index (χ0n) is 26.3. The summed E-state index contributed by atoms with van der Waals surface area (Å²) in [6.07, 6.45) is 1.76. The second kappa shape index (κ2) is 11.6. The molecule has 2 fully saturated rings. The largest absolute Gasteiger partial charge is 0.446 e. The first-order valence-corrected chi connectivity index (χ1v) is 17.2. The van der Waals surface area contributed by atoms with Crippen molar-refractivity contribution >= 4 is 24.8 Å². The molecule has 0 spiro atoms. The molecule has 1 aliphatic carbocycles. The zero-order chi connectivity index (χ0) is 30.2. The van der Waals surface area contributed by atoms with E-state index in [9.17, 15) is 4.79 Å². The number of hydrogen-bond acceptors (Lipinski definition) is 4. The van der Waals surface area contributed by atoms with E-state index in [1.807, 2.05) is 33.8 Å². The molecule has 3 aromatic carbocycles. The van der Waals surface area contributed by atoms with Gasteiger partial charge >= 0.3 is 6.09 Å². The number of benzene rings is 3. The summed E-state index contributed by atoms with van der Waals surface area (Å²) >= 11 is 0. The molecule has 3 aromatic rings. The van der Waals surface area contributed by atoms with Crippen LogP contribution in [0.1, 0.15) is 66.9 Å². The van der Waals surface area contributed by atoms with Crippen LogP contribution in [0.4, 0.5) is 4.79 Å². The molecule has 0 bridgehead atoms. The van der Waals surface area contributed by atoms with Crippen LogP contribution in [0.25, 0.3) is 0 Å². The van der Waals surface area contributed by atoms with Gasteiger partial charge in [0.25, 0.3) is 8.32 Å². The zero-order valence-corrected chi connectivity index (χ0v) is 27.3. The third-order valence-corrected chi connectivity index (χ3v) is 14.2. The van der Waals surface area contributed by atoms with Crippen LogP contribution in [-0.2, 0) is 20.3 Å². The molecule has 1 amide bonds. The Hall–Kier alpha value is -2.93. The third-order valence-electron chi connectivity index (χ3n) is 9.11. The molecule has 6 heteroatoms. The molecule has 5 rings (SSSR count). The van der Waals surface area contributed by atoms with Crippen LogP contribution in [-0.4, -0.2) is 49.4 Å². The highest BCUT2D eigenvalue weighted by Crippen LogP contribution is 2.43. The predicted molar refractivity (Wildman–Crippen MR) is 172 cm³/mol. The normalized spacial score (nSPS) is 23.6. The smallest absolute Gasteiger partial charge is 0.412 e. The highest BCUT2D eigenvalue weighted by atomic mass is 28.4. The van der Waals surface area contributed by atoms with E-state index in [0.717, 1.165) is 19.3 Å². The molecule has 0 unspecified atom stereocenters. The maximum atomic E-state index is 13.8. The van der Waals surface area contributed by atoms with Crippen molar-refractivity contribution in [2.24, 2.45) is 5.92 Å². The molecule has 5 nitrogen and oxygen atoms in total. The lowest BCUT2D eigenvalue weighted by Crippen LogP contribution is -2.68. The molecule has 0 aromatic heterocycles. The molecular formula is C36H47NO4Si. The lowest BCUT2D eigenvalue weighted by Gasteiger charge is -2.46. The van der Waals surface area contributed by atoms with E-state index >= 15 is 0 Å². The van der Waals surface area contributed by atoms with Crippen LogP contribution >= 0.6 is 0 Å². The Morgan fingerprint density at radius 3 is 1.81 bits per heavy atom. The molecule has 1 saturated carbocycles. The van der Waals surface area contributed by atoms with Gasteiger partial charge in [-0.05, 0) is 67.9 Å². The summed E-state index contributed by atoms with van der Waals surface area (Å²) in [5.74, 6) is 0.0211. The summed E-state index contributed by atoms with van der Waals surface area (Å²) in [7, 11) is -2.79. The first-order valence-electron chi connectivity index (χ1n) is 15.3. The third kappa shape index (κ3) is 5.81. The molecule has 1 aliphatic heterocycles. The Balaban J connectivity index is 1.53. The molecule has 1 saturated heterocycles. The number of nitrogens with zero attached hydrogens (tertiary/aromatic N) is 1. The lowest BCUT2D eigenvalue weighted by molar-refractivity contribution is -0.0630. The lowest BCUT2D eigenvalue weighted by atomic mass is 9.94. The van der Waals surface area contributed by atoms with Crippen molar-refractivity contribution < 1.29 is 18.7 Å². The summed E-state index contributed by atoms with van der Waals surface area (Å²) in [4.78, 5) is 15.6. The van der Waals surface area contributed by atoms with Crippen molar-refractivity contribution in [3.63, 3.8) is 0 Å². The van der Waals surface area contributed by atoms with Gasteiger partial charge in [0.05, 0.1) is 18.2 Å². The topological polar surface area (TPSA) is 48.0 Å². The Kier molecular flexibility index (Phi) is 8.45. The van der Waals surface area contributed by atoms with Gasteiger partial charge in [-0.15, -0.1) is 0 Å². The molecule has 3 atom stereocenters. The van der Waals surface area contributed by atoms with Crippen LogP contribution in [0.3, 0.4) is 0 Å². The van der Waals surface area contributed by atoms with Crippen molar-refractivity contribution in [2.45, 2.75) is 96.2 Å². The van der Waals surface area contributed by atoms with Crippen molar-refractivity contribution in [1.29, 1.82) is 0 Å². The first-order chi connectivity index (χ1) is 19.8. The number of carbonyl (C=O) groups excluding carboxylic acids is 1. The van der Waals surface area contributed by atoms with Crippen LogP contribution in [0.5, 0.6) is 0 Å². The molecule has 0 N–H and O–H groups in total. The number of hydrogen-bond donors (Lipinski definition) is 0. The van der Waals surface area contributed by atoms with Crippen LogP contribution in [0, 0.1) is 5.92 Å². The number of carbonyl (C=O) groups is 1. The fourth-order valence-electron chi connectivity index (χ4n) is 7.22. The van der Waals surface area contributed by atoms with Gasteiger partial charge in [-0.1, -0.05) is 112 Å². The minimum absolute atomic E-state index is 0.0211. The van der Waals surface area contributed by atoms with E-state index in [2.05, 4.69) is 106 Å². The average molecular weight is 586 g/mol. The van der Waals surface area contributed by atoms with Crippen LogP contribution in [0.2, 0.25) is 5.04 Å². The van der Waals surface area contributed by atoms with E-state index in [-0.39, 0.29) is 29.3 Å². The quantitative estimate of drug-likeness (QED) is 0.282. The van der Waals surface area contributed by atoms with E-state index in [0.29, 0.717) is 6.61 Å². The van der Waals surface area contributed by atoms with Crippen LogP contribution in [0.15, 0.2) is 91.0 Å². The molecule has 1 heterocycles. The Morgan fingerprint density at radius 2 is 1.33 bits per heavy atom. The minimum atomic E-state index is -2.79. The second-order valence-electron chi connectivity index (χ2n) is 14.1. The fourth-order valence-corrected chi connectivity index (χ4v) is 12.0. The highest BCUT2D eigenvalue weighted by molar-refractivity contribution is 6.99. The molecule has 0 radical (unpaired) electrons. The standard InChI is InChI=1S/C36H47NO4Si/c1-34(2,3)42(28-19-13-9-14-20-28,29-21-15-10-16-22-29)41-32-24-23-31(30(32)25-27-17-11-8-12-18-27)40-33(38)37-35(4,5)26-39-36(37,6)7/h8-22,30-32H,23-26H2,1-7H3/t30-,31+,32-/m0/s1. The Morgan fingerprint density at radius 1 is 0.833 bits per heavy atom. The molecule has 2 aliphatic rings. The number of ether oxygens (including phenoxy) is 2. The minimum Gasteiger partial charge on any atom is -0.446 e. The van der Waals surface area contributed by atoms with Gasteiger partial charge in [-0.3, -0.25) is 4.90 Å². The van der Waals surface area contributed by atoms with Crippen molar-refractivity contribution in [2.75, 3.05) is 6.61 Å². The van der Waals surface area contributed by atoms with E-state index in [4.69, 9.17) is 13.9 Å². The summed E-state index contributed by atoms with van der Waals surface area (Å²) in [6, 6.07) is 32.1. The fraction of sp³-hybridized carbons (Fsp3) is 0.472. The van der Waals surface area contributed by atoms with Gasteiger partial charge in [-0.2, -0.15) is 0 Å². The monoisotopic (exact) mass is 585 g/mol. The molecule has 42 heavy (non-hydrogen) atoms. The summed E-state index contributed by atoms with van der Waals surface area (Å²) in [5, 5.41) is 2.39. The van der Waals surface area contributed by atoms with Gasteiger partial charge in [0.1, 0.15) is 11.8 Å². The molecular weight excluding hydrogens is 538 g/mol. The van der Waals surface area contributed by atoms with Gasteiger partial charge in [0, 0.05) is 5.92 Å². The SMILES string of the molecule is CC1(C)COC(C)(C)N1C(=O)O[C@@H]1CC[C@H](O[Si](c2ccccc2)(c2ccccc2)C(C)(C)C)[C@H]1Cc1ccccc1. The van der Waals surface area contributed by atoms with Gasteiger partial charge in [0.15, 0.2) is 0 Å². The maximum absolute atomic E-state index is 13.8. The molecule has 224 valence electrons. The Bertz CT molecular complexity index is 1280. The number of rotatable bonds is 7. The average Bonchev–Trinajstić information content (AvgIpc) is 3.42. The predicted octanol–water partition coefficient (Wildman–Crippen LogP) is 6.94. The van der Waals surface area contributed by atoms with Crippen molar-refractivity contribution in [1.82, 2.24) is 4.90 Å². The Labute approximate surface area is 253 Å². The number of amides is 1. The second-order valence-corrected chi connectivity index (χ2v) is 18.3.